The maximum atomic E-state index is 6.62. The van der Waals surface area contributed by atoms with Crippen LogP contribution >= 0.6 is 0 Å². The monoisotopic (exact) mass is 768 g/mol. The van der Waals surface area contributed by atoms with Crippen LogP contribution in [0, 0.1) is 0 Å². The molecular formula is C56H36N2O2. The van der Waals surface area contributed by atoms with E-state index >= 15 is 0 Å². The van der Waals surface area contributed by atoms with Gasteiger partial charge in [-0.1, -0.05) is 146 Å². The quantitative estimate of drug-likeness (QED) is 0.167. The number of benzene rings is 10. The average Bonchev–Trinajstić information content (AvgIpc) is 4.05. The smallest absolute Gasteiger partial charge is 0.151 e. The van der Waals surface area contributed by atoms with Crippen LogP contribution in [0.25, 0.3) is 54.6 Å². The molecule has 4 heteroatoms. The van der Waals surface area contributed by atoms with Crippen LogP contribution in [0.15, 0.2) is 194 Å². The topological polar surface area (TPSA) is 24.9 Å². The van der Waals surface area contributed by atoms with Gasteiger partial charge in [0.15, 0.2) is 12.2 Å². The third kappa shape index (κ3) is 4.35. The number of hydrogen-bond acceptors (Lipinski definition) is 4. The highest BCUT2D eigenvalue weighted by Crippen LogP contribution is 2.60. The lowest BCUT2D eigenvalue weighted by molar-refractivity contribution is 0.223. The summed E-state index contributed by atoms with van der Waals surface area (Å²) in [4.78, 5) is 4.98. The summed E-state index contributed by atoms with van der Waals surface area (Å²) in [5.41, 5.74) is 14.6. The van der Waals surface area contributed by atoms with Crippen molar-refractivity contribution in [3.8, 4) is 33.8 Å². The molecule has 4 heterocycles. The summed E-state index contributed by atoms with van der Waals surface area (Å²) in [7, 11) is 0. The lowest BCUT2D eigenvalue weighted by Crippen LogP contribution is -2.20. The van der Waals surface area contributed by atoms with Crippen molar-refractivity contribution in [2.45, 2.75) is 24.3 Å². The molecule has 14 rings (SSSR count). The molecule has 0 bridgehead atoms. The van der Waals surface area contributed by atoms with Crippen LogP contribution in [0.4, 0.5) is 22.7 Å². The Hall–Kier alpha value is -7.56. The number of para-hydroxylation sites is 4. The molecule has 0 saturated heterocycles. The minimum atomic E-state index is -0.0387. The zero-order valence-corrected chi connectivity index (χ0v) is 32.5. The summed E-state index contributed by atoms with van der Waals surface area (Å²) in [6.07, 6.45) is -0.0774. The van der Waals surface area contributed by atoms with Crippen LogP contribution < -0.4 is 19.3 Å². The molecule has 0 fully saturated rings. The van der Waals surface area contributed by atoms with E-state index in [0.717, 1.165) is 11.5 Å². The van der Waals surface area contributed by atoms with Gasteiger partial charge in [-0.25, -0.2) is 0 Å². The first-order valence-corrected chi connectivity index (χ1v) is 21.0. The Balaban J connectivity index is 0.896. The molecule has 0 N–H and O–H groups in total. The normalized spacial score (nSPS) is 19.2. The van der Waals surface area contributed by atoms with Crippen molar-refractivity contribution in [3.05, 3.63) is 216 Å². The number of nitrogens with zero attached hydrogens (tertiary/aromatic N) is 2. The first-order valence-electron chi connectivity index (χ1n) is 21.0. The second-order valence-corrected chi connectivity index (χ2v) is 16.6. The van der Waals surface area contributed by atoms with Crippen LogP contribution in [-0.4, -0.2) is 0 Å². The molecule has 60 heavy (non-hydrogen) atoms. The van der Waals surface area contributed by atoms with E-state index in [1.807, 2.05) is 0 Å². The van der Waals surface area contributed by atoms with Crippen molar-refractivity contribution in [2.75, 3.05) is 9.80 Å². The van der Waals surface area contributed by atoms with Crippen molar-refractivity contribution in [3.63, 3.8) is 0 Å². The number of ether oxygens (including phenoxy) is 2. The summed E-state index contributed by atoms with van der Waals surface area (Å²) in [5, 5.41) is 7.66. The number of anilines is 4. The van der Waals surface area contributed by atoms with Crippen molar-refractivity contribution < 1.29 is 9.47 Å². The molecule has 0 aliphatic carbocycles. The van der Waals surface area contributed by atoms with Crippen molar-refractivity contribution in [1.82, 2.24) is 0 Å². The van der Waals surface area contributed by atoms with Crippen LogP contribution in [-0.2, 0) is 0 Å². The molecule has 10 aromatic carbocycles. The summed E-state index contributed by atoms with van der Waals surface area (Å²) in [5.74, 6) is 1.95. The van der Waals surface area contributed by atoms with E-state index in [1.54, 1.807) is 0 Å². The standard InChI is InChI=1S/C56H36N2O2/c1-5-19-47-43(15-1)55-53(45-17-3-7-21-49(45)59-55)57(47)37-13-9-11-35(31-37)39-27-23-33-26-30-42-40(28-24-34-25-29-41(39)51(33)52(34)42)36-12-10-14-38(32-36)58-48-20-6-2-16-44(48)56-54(58)46-18-4-8-22-50(46)60-56/h1-32,53-56H. The van der Waals surface area contributed by atoms with Crippen molar-refractivity contribution in [2.24, 2.45) is 0 Å². The number of hydrogen-bond donors (Lipinski definition) is 0. The maximum Gasteiger partial charge on any atom is 0.151 e. The van der Waals surface area contributed by atoms with E-state index in [2.05, 4.69) is 204 Å². The third-order valence-corrected chi connectivity index (χ3v) is 13.7. The van der Waals surface area contributed by atoms with Crippen LogP contribution in [0.5, 0.6) is 11.5 Å². The highest BCUT2D eigenvalue weighted by atomic mass is 16.5. The molecule has 0 saturated carbocycles. The van der Waals surface area contributed by atoms with Gasteiger partial charge in [0.25, 0.3) is 0 Å². The third-order valence-electron chi connectivity index (χ3n) is 13.7. The molecule has 4 aliphatic rings. The molecule has 4 nitrogen and oxygen atoms in total. The fourth-order valence-corrected chi connectivity index (χ4v) is 11.2. The maximum absolute atomic E-state index is 6.62. The molecule has 4 atom stereocenters. The second-order valence-electron chi connectivity index (χ2n) is 16.6. The SMILES string of the molecule is c1cc(-c2ccc3ccc4c(-c5cccc(N6c7ccccc7C7Oc8ccccc8C76)c5)ccc5ccc2c3c54)cc(N2c3ccccc3C3Oc4ccccc4C32)c1. The predicted octanol–water partition coefficient (Wildman–Crippen LogP) is 14.6. The zero-order chi connectivity index (χ0) is 39.1. The Kier molecular flexibility index (Phi) is 6.48. The fourth-order valence-electron chi connectivity index (χ4n) is 11.2. The van der Waals surface area contributed by atoms with Crippen molar-refractivity contribution >= 4 is 55.1 Å². The van der Waals surface area contributed by atoms with E-state index in [9.17, 15) is 0 Å². The highest BCUT2D eigenvalue weighted by Gasteiger charge is 2.48. The first kappa shape index (κ1) is 32.4. The van der Waals surface area contributed by atoms with Crippen molar-refractivity contribution in [1.29, 1.82) is 0 Å². The Labute approximate surface area is 347 Å². The molecule has 0 radical (unpaired) electrons. The highest BCUT2D eigenvalue weighted by molar-refractivity contribution is 6.27. The molecule has 4 unspecified atom stereocenters. The number of rotatable bonds is 4. The second kappa shape index (κ2) is 12.0. The predicted molar refractivity (Wildman–Crippen MR) is 243 cm³/mol. The largest absolute Gasteiger partial charge is 0.483 e. The Morgan fingerprint density at radius 2 is 0.767 bits per heavy atom. The molecule has 10 aromatic rings. The molecule has 0 aromatic heterocycles. The van der Waals surface area contributed by atoms with Gasteiger partial charge in [0.05, 0.1) is 0 Å². The van der Waals surface area contributed by atoms with E-state index in [-0.39, 0.29) is 24.3 Å². The van der Waals surface area contributed by atoms with Crippen LogP contribution in [0.3, 0.4) is 0 Å². The van der Waals surface area contributed by atoms with E-state index < -0.39 is 0 Å². The van der Waals surface area contributed by atoms with Gasteiger partial charge in [-0.15, -0.1) is 0 Å². The molecular weight excluding hydrogens is 733 g/mol. The Morgan fingerprint density at radius 1 is 0.350 bits per heavy atom. The lowest BCUT2D eigenvalue weighted by Gasteiger charge is -2.27. The summed E-state index contributed by atoms with van der Waals surface area (Å²) in [6, 6.07) is 71.3. The Morgan fingerprint density at radius 3 is 1.25 bits per heavy atom. The lowest BCUT2D eigenvalue weighted by atomic mass is 9.87. The molecule has 4 aliphatic heterocycles. The first-order chi connectivity index (χ1) is 29.8. The molecule has 0 amide bonds. The van der Waals surface area contributed by atoms with Gasteiger partial charge in [0.2, 0.25) is 0 Å². The molecule has 0 spiro atoms. The van der Waals surface area contributed by atoms with Crippen LogP contribution in [0.2, 0.25) is 0 Å². The van der Waals surface area contributed by atoms with Gasteiger partial charge in [0.1, 0.15) is 23.6 Å². The van der Waals surface area contributed by atoms with E-state index in [0.29, 0.717) is 0 Å². The summed E-state index contributed by atoms with van der Waals surface area (Å²) in [6.45, 7) is 0. The molecule has 282 valence electrons. The minimum absolute atomic E-state index is 0.0387. The van der Waals surface area contributed by atoms with Gasteiger partial charge in [0, 0.05) is 45.0 Å². The summed E-state index contributed by atoms with van der Waals surface area (Å²) >= 11 is 0. The van der Waals surface area contributed by atoms with Gasteiger partial charge >= 0.3 is 0 Å². The Bertz CT molecular complexity index is 3180. The minimum Gasteiger partial charge on any atom is -0.483 e. The average molecular weight is 769 g/mol. The zero-order valence-electron chi connectivity index (χ0n) is 32.5. The van der Waals surface area contributed by atoms with Gasteiger partial charge in [-0.2, -0.15) is 0 Å². The van der Waals surface area contributed by atoms with Gasteiger partial charge < -0.3 is 19.3 Å². The summed E-state index contributed by atoms with van der Waals surface area (Å²) < 4.78 is 13.2. The fraction of sp³-hybridized carbons (Fsp3) is 0.0714. The van der Waals surface area contributed by atoms with Crippen LogP contribution in [0.1, 0.15) is 46.5 Å². The van der Waals surface area contributed by atoms with E-state index in [4.69, 9.17) is 9.47 Å². The van der Waals surface area contributed by atoms with E-state index in [1.165, 1.54) is 99.6 Å². The number of fused-ring (bicyclic) bond motifs is 10. The van der Waals surface area contributed by atoms with Gasteiger partial charge in [-0.05, 0) is 103 Å². The van der Waals surface area contributed by atoms with Gasteiger partial charge in [-0.3, -0.25) is 0 Å².